The van der Waals surface area contributed by atoms with E-state index in [0.717, 1.165) is 12.3 Å². The van der Waals surface area contributed by atoms with Gasteiger partial charge < -0.3 is 0 Å². The van der Waals surface area contributed by atoms with Gasteiger partial charge in [0.05, 0.1) is 11.8 Å². The predicted molar refractivity (Wildman–Crippen MR) is 54.6 cm³/mol. The predicted octanol–water partition coefficient (Wildman–Crippen LogP) is 4.05. The zero-order chi connectivity index (χ0) is 13.3. The SMILES string of the molecule is Fc1cnccc1-c1cc(C(F)(F)F)ccc1F. The highest BCUT2D eigenvalue weighted by molar-refractivity contribution is 5.65. The Morgan fingerprint density at radius 3 is 2.22 bits per heavy atom. The van der Waals surface area contributed by atoms with Crippen molar-refractivity contribution in [1.82, 2.24) is 4.98 Å². The van der Waals surface area contributed by atoms with Gasteiger partial charge in [-0.25, -0.2) is 8.78 Å². The molecular weight excluding hydrogens is 253 g/mol. The number of halogens is 5. The molecule has 0 aliphatic heterocycles. The van der Waals surface area contributed by atoms with Gasteiger partial charge in [0.15, 0.2) is 0 Å². The highest BCUT2D eigenvalue weighted by Gasteiger charge is 2.31. The topological polar surface area (TPSA) is 12.9 Å². The summed E-state index contributed by atoms with van der Waals surface area (Å²) >= 11 is 0. The molecule has 0 radical (unpaired) electrons. The summed E-state index contributed by atoms with van der Waals surface area (Å²) in [5.41, 5.74) is -1.73. The Bertz CT molecular complexity index is 577. The monoisotopic (exact) mass is 259 g/mol. The zero-order valence-corrected chi connectivity index (χ0v) is 8.80. The van der Waals surface area contributed by atoms with Crippen molar-refractivity contribution < 1.29 is 22.0 Å². The first-order valence-corrected chi connectivity index (χ1v) is 4.86. The van der Waals surface area contributed by atoms with Crippen LogP contribution in [0.5, 0.6) is 0 Å². The van der Waals surface area contributed by atoms with Crippen molar-refractivity contribution >= 4 is 0 Å². The summed E-state index contributed by atoms with van der Waals surface area (Å²) < 4.78 is 64.3. The van der Waals surface area contributed by atoms with E-state index in [9.17, 15) is 22.0 Å². The normalized spacial score (nSPS) is 11.6. The van der Waals surface area contributed by atoms with Crippen LogP contribution in [0.4, 0.5) is 22.0 Å². The average molecular weight is 259 g/mol. The molecule has 0 amide bonds. The van der Waals surface area contributed by atoms with E-state index < -0.39 is 28.9 Å². The van der Waals surface area contributed by atoms with Crippen LogP contribution in [0.3, 0.4) is 0 Å². The quantitative estimate of drug-likeness (QED) is 0.704. The Morgan fingerprint density at radius 2 is 1.61 bits per heavy atom. The maximum atomic E-state index is 13.5. The van der Waals surface area contributed by atoms with Gasteiger partial charge in [-0.3, -0.25) is 4.98 Å². The van der Waals surface area contributed by atoms with Gasteiger partial charge in [-0.1, -0.05) is 0 Å². The molecule has 0 aliphatic rings. The minimum absolute atomic E-state index is 0.256. The molecule has 2 aromatic rings. The molecule has 94 valence electrons. The van der Waals surface area contributed by atoms with E-state index in [0.29, 0.717) is 18.2 Å². The molecule has 0 aliphatic carbocycles. The highest BCUT2D eigenvalue weighted by atomic mass is 19.4. The molecule has 1 aromatic heterocycles. The van der Waals surface area contributed by atoms with E-state index in [-0.39, 0.29) is 5.56 Å². The molecular formula is C12H6F5N. The summed E-state index contributed by atoms with van der Waals surface area (Å²) in [6.07, 6.45) is -2.61. The van der Waals surface area contributed by atoms with Crippen molar-refractivity contribution in [3.8, 4) is 11.1 Å². The Morgan fingerprint density at radius 1 is 0.889 bits per heavy atom. The van der Waals surface area contributed by atoms with Crippen LogP contribution >= 0.6 is 0 Å². The minimum Gasteiger partial charge on any atom is -0.262 e. The second kappa shape index (κ2) is 4.36. The lowest BCUT2D eigenvalue weighted by molar-refractivity contribution is -0.137. The van der Waals surface area contributed by atoms with E-state index in [1.165, 1.54) is 6.20 Å². The van der Waals surface area contributed by atoms with Gasteiger partial charge in [0, 0.05) is 17.3 Å². The molecule has 1 aromatic carbocycles. The van der Waals surface area contributed by atoms with Crippen molar-refractivity contribution in [3.05, 3.63) is 53.9 Å². The molecule has 1 heterocycles. The second-order valence-electron chi connectivity index (χ2n) is 3.55. The average Bonchev–Trinajstić information content (AvgIpc) is 2.29. The molecule has 0 fully saturated rings. The molecule has 0 saturated carbocycles. The number of hydrogen-bond acceptors (Lipinski definition) is 1. The van der Waals surface area contributed by atoms with Gasteiger partial charge in [-0.05, 0) is 24.3 Å². The fraction of sp³-hybridized carbons (Fsp3) is 0.0833. The van der Waals surface area contributed by atoms with E-state index >= 15 is 0 Å². The first-order valence-electron chi connectivity index (χ1n) is 4.86. The Hall–Kier alpha value is -1.98. The lowest BCUT2D eigenvalue weighted by atomic mass is 10.0. The molecule has 6 heteroatoms. The van der Waals surface area contributed by atoms with Crippen LogP contribution in [0.1, 0.15) is 5.56 Å². The van der Waals surface area contributed by atoms with E-state index in [4.69, 9.17) is 0 Å². The van der Waals surface area contributed by atoms with Gasteiger partial charge in [-0.2, -0.15) is 13.2 Å². The fourth-order valence-electron chi connectivity index (χ4n) is 1.50. The van der Waals surface area contributed by atoms with Crippen molar-refractivity contribution in [2.75, 3.05) is 0 Å². The summed E-state index contributed by atoms with van der Waals surface area (Å²) in [5.74, 6) is -1.80. The standard InChI is InChI=1S/C12H6F5N/c13-10-2-1-7(12(15,16)17)5-9(10)8-3-4-18-6-11(8)14/h1-6H. The van der Waals surface area contributed by atoms with Crippen molar-refractivity contribution in [1.29, 1.82) is 0 Å². The molecule has 1 nitrogen and oxygen atoms in total. The first-order chi connectivity index (χ1) is 8.39. The number of aromatic nitrogens is 1. The maximum Gasteiger partial charge on any atom is 0.416 e. The summed E-state index contributed by atoms with van der Waals surface area (Å²) in [4.78, 5) is 3.45. The molecule has 2 rings (SSSR count). The molecule has 18 heavy (non-hydrogen) atoms. The van der Waals surface area contributed by atoms with E-state index in [2.05, 4.69) is 4.98 Å². The largest absolute Gasteiger partial charge is 0.416 e. The minimum atomic E-state index is -4.61. The zero-order valence-electron chi connectivity index (χ0n) is 8.80. The first kappa shape index (κ1) is 12.5. The second-order valence-corrected chi connectivity index (χ2v) is 3.55. The van der Waals surface area contributed by atoms with Gasteiger partial charge in [-0.15, -0.1) is 0 Å². The number of rotatable bonds is 1. The van der Waals surface area contributed by atoms with E-state index in [1.807, 2.05) is 0 Å². The Balaban J connectivity index is 2.61. The van der Waals surface area contributed by atoms with Crippen LogP contribution in [-0.4, -0.2) is 4.98 Å². The summed E-state index contributed by atoms with van der Waals surface area (Å²) in [6, 6.07) is 2.97. The summed E-state index contributed by atoms with van der Waals surface area (Å²) in [5, 5.41) is 0. The third-order valence-corrected chi connectivity index (χ3v) is 2.36. The molecule has 0 spiro atoms. The van der Waals surface area contributed by atoms with Crippen LogP contribution in [0.15, 0.2) is 36.7 Å². The molecule has 0 unspecified atom stereocenters. The third-order valence-electron chi connectivity index (χ3n) is 2.36. The fourth-order valence-corrected chi connectivity index (χ4v) is 1.50. The number of pyridine rings is 1. The van der Waals surface area contributed by atoms with Crippen LogP contribution < -0.4 is 0 Å². The van der Waals surface area contributed by atoms with Gasteiger partial charge in [0.1, 0.15) is 11.6 Å². The maximum absolute atomic E-state index is 13.5. The van der Waals surface area contributed by atoms with Crippen LogP contribution in [0, 0.1) is 11.6 Å². The molecule has 0 N–H and O–H groups in total. The van der Waals surface area contributed by atoms with Crippen molar-refractivity contribution in [2.45, 2.75) is 6.18 Å². The number of hydrogen-bond donors (Lipinski definition) is 0. The van der Waals surface area contributed by atoms with Crippen LogP contribution in [0.2, 0.25) is 0 Å². The van der Waals surface area contributed by atoms with Gasteiger partial charge in [0.2, 0.25) is 0 Å². The number of alkyl halides is 3. The number of nitrogens with zero attached hydrogens (tertiary/aromatic N) is 1. The third kappa shape index (κ3) is 2.32. The highest BCUT2D eigenvalue weighted by Crippen LogP contribution is 2.34. The Kier molecular flexibility index (Phi) is 3.02. The lowest BCUT2D eigenvalue weighted by Crippen LogP contribution is -2.05. The molecule has 0 saturated heterocycles. The Labute approximate surface area is 98.9 Å². The smallest absolute Gasteiger partial charge is 0.262 e. The molecule has 0 atom stereocenters. The van der Waals surface area contributed by atoms with Gasteiger partial charge in [0.25, 0.3) is 0 Å². The summed E-state index contributed by atoms with van der Waals surface area (Å²) in [6.45, 7) is 0. The van der Waals surface area contributed by atoms with Crippen LogP contribution in [0.25, 0.3) is 11.1 Å². The van der Waals surface area contributed by atoms with E-state index in [1.54, 1.807) is 0 Å². The summed E-state index contributed by atoms with van der Waals surface area (Å²) in [7, 11) is 0. The number of benzene rings is 1. The molecule has 0 bridgehead atoms. The van der Waals surface area contributed by atoms with Crippen molar-refractivity contribution in [2.24, 2.45) is 0 Å². The lowest BCUT2D eigenvalue weighted by Gasteiger charge is -2.10. The van der Waals surface area contributed by atoms with Gasteiger partial charge >= 0.3 is 6.18 Å². The van der Waals surface area contributed by atoms with Crippen molar-refractivity contribution in [3.63, 3.8) is 0 Å². The van der Waals surface area contributed by atoms with Crippen LogP contribution in [-0.2, 0) is 6.18 Å².